The number of fused-ring (bicyclic) bond motifs is 1. The Kier molecular flexibility index (Phi) is 6.49. The van der Waals surface area contributed by atoms with Crippen LogP contribution in [0.25, 0.3) is 5.52 Å². The average molecular weight is 394 g/mol. The first-order valence-electron chi connectivity index (χ1n) is 9.83. The molecule has 1 aromatic carbocycles. The van der Waals surface area contributed by atoms with Crippen LogP contribution in [-0.4, -0.2) is 33.8 Å². The largest absolute Gasteiger partial charge is 0.489 e. The number of hydrogen-bond acceptors (Lipinski definition) is 4. The lowest BCUT2D eigenvalue weighted by Crippen LogP contribution is -2.25. The quantitative estimate of drug-likeness (QED) is 0.568. The third-order valence-corrected chi connectivity index (χ3v) is 4.28. The van der Waals surface area contributed by atoms with E-state index in [4.69, 9.17) is 4.74 Å². The molecule has 7 nitrogen and oxygen atoms in total. The van der Waals surface area contributed by atoms with Crippen molar-refractivity contribution in [3.63, 3.8) is 0 Å². The molecule has 0 saturated heterocycles. The molecule has 0 aliphatic heterocycles. The van der Waals surface area contributed by atoms with Crippen molar-refractivity contribution < 1.29 is 14.3 Å². The van der Waals surface area contributed by atoms with Crippen LogP contribution in [-0.2, 0) is 0 Å². The van der Waals surface area contributed by atoms with E-state index >= 15 is 0 Å². The SMILES string of the molecule is CCCCNC(=O)c1nc(C(=O)Nc2ccccc2OC(C)C)n2ccccc12. The minimum absolute atomic E-state index is 0.0290. The fourth-order valence-electron chi connectivity index (χ4n) is 2.93. The number of nitrogens with one attached hydrogen (secondary N) is 2. The molecule has 0 spiro atoms. The van der Waals surface area contributed by atoms with Crippen molar-refractivity contribution in [2.45, 2.75) is 39.7 Å². The molecule has 2 amide bonds. The Morgan fingerprint density at radius 1 is 1.10 bits per heavy atom. The molecule has 0 aliphatic rings. The van der Waals surface area contributed by atoms with E-state index in [0.29, 0.717) is 23.5 Å². The number of carbonyl (C=O) groups excluding carboxylic acids is 2. The molecule has 0 atom stereocenters. The van der Waals surface area contributed by atoms with Crippen molar-refractivity contribution in [1.82, 2.24) is 14.7 Å². The summed E-state index contributed by atoms with van der Waals surface area (Å²) in [5.74, 6) is 0.0122. The number of amides is 2. The lowest BCUT2D eigenvalue weighted by molar-refractivity contribution is 0.0950. The molecule has 0 aliphatic carbocycles. The summed E-state index contributed by atoms with van der Waals surface area (Å²) in [7, 11) is 0. The molecule has 2 N–H and O–H groups in total. The lowest BCUT2D eigenvalue weighted by atomic mass is 10.3. The van der Waals surface area contributed by atoms with Crippen LogP contribution in [0.15, 0.2) is 48.7 Å². The molecule has 29 heavy (non-hydrogen) atoms. The summed E-state index contributed by atoms with van der Waals surface area (Å²) in [6.07, 6.45) is 3.56. The van der Waals surface area contributed by atoms with Gasteiger partial charge in [-0.3, -0.25) is 14.0 Å². The predicted octanol–water partition coefficient (Wildman–Crippen LogP) is 3.90. The van der Waals surface area contributed by atoms with Gasteiger partial charge in [-0.2, -0.15) is 0 Å². The highest BCUT2D eigenvalue weighted by Gasteiger charge is 2.22. The van der Waals surface area contributed by atoms with E-state index in [1.807, 2.05) is 32.0 Å². The number of unbranched alkanes of at least 4 members (excludes halogenated alkanes) is 1. The van der Waals surface area contributed by atoms with Crippen molar-refractivity contribution in [2.24, 2.45) is 0 Å². The normalized spacial score (nSPS) is 10.9. The molecule has 0 saturated carbocycles. The van der Waals surface area contributed by atoms with E-state index in [1.165, 1.54) is 0 Å². The van der Waals surface area contributed by atoms with Crippen LogP contribution in [0.5, 0.6) is 5.75 Å². The van der Waals surface area contributed by atoms with E-state index in [1.54, 1.807) is 34.9 Å². The molecule has 0 radical (unpaired) electrons. The first-order chi connectivity index (χ1) is 14.0. The second kappa shape index (κ2) is 9.23. The molecule has 2 heterocycles. The van der Waals surface area contributed by atoms with Gasteiger partial charge in [0.15, 0.2) is 5.69 Å². The summed E-state index contributed by atoms with van der Waals surface area (Å²) in [6, 6.07) is 12.6. The van der Waals surface area contributed by atoms with Gasteiger partial charge in [0, 0.05) is 12.7 Å². The van der Waals surface area contributed by atoms with Crippen molar-refractivity contribution in [3.8, 4) is 5.75 Å². The Morgan fingerprint density at radius 3 is 2.62 bits per heavy atom. The topological polar surface area (TPSA) is 84.7 Å². The summed E-state index contributed by atoms with van der Waals surface area (Å²) in [6.45, 7) is 6.47. The highest BCUT2D eigenvalue weighted by Crippen LogP contribution is 2.25. The first-order valence-corrected chi connectivity index (χ1v) is 9.83. The van der Waals surface area contributed by atoms with Gasteiger partial charge in [0.25, 0.3) is 11.8 Å². The Morgan fingerprint density at radius 2 is 1.86 bits per heavy atom. The minimum atomic E-state index is -0.418. The number of pyridine rings is 1. The number of aromatic nitrogens is 2. The minimum Gasteiger partial charge on any atom is -0.489 e. The molecular formula is C22H26N4O3. The zero-order valence-corrected chi connectivity index (χ0v) is 16.9. The molecule has 152 valence electrons. The molecule has 0 bridgehead atoms. The molecule has 3 rings (SSSR count). The van der Waals surface area contributed by atoms with Crippen molar-refractivity contribution >= 4 is 23.0 Å². The maximum Gasteiger partial charge on any atom is 0.292 e. The van der Waals surface area contributed by atoms with E-state index in [0.717, 1.165) is 12.8 Å². The standard InChI is InChI=1S/C22H26N4O3/c1-4-5-13-23-21(27)19-17-11-8-9-14-26(17)20(25-19)22(28)24-16-10-6-7-12-18(16)29-15(2)3/h6-12,14-15H,4-5,13H2,1-3H3,(H,23,27)(H,24,28). The van der Waals surface area contributed by atoms with Crippen LogP contribution in [0.1, 0.15) is 54.7 Å². The zero-order chi connectivity index (χ0) is 20.8. The smallest absolute Gasteiger partial charge is 0.292 e. The van der Waals surface area contributed by atoms with Gasteiger partial charge in [-0.15, -0.1) is 0 Å². The second-order valence-corrected chi connectivity index (χ2v) is 6.97. The maximum absolute atomic E-state index is 13.0. The maximum atomic E-state index is 13.0. The molecular weight excluding hydrogens is 368 g/mol. The van der Waals surface area contributed by atoms with Crippen LogP contribution in [0.3, 0.4) is 0 Å². The van der Waals surface area contributed by atoms with Crippen LogP contribution < -0.4 is 15.4 Å². The Balaban J connectivity index is 1.90. The van der Waals surface area contributed by atoms with Crippen molar-refractivity contribution in [3.05, 3.63) is 60.2 Å². The number of hydrogen-bond donors (Lipinski definition) is 2. The van der Waals surface area contributed by atoms with Gasteiger partial charge < -0.3 is 15.4 Å². The van der Waals surface area contributed by atoms with Crippen LogP contribution in [0, 0.1) is 0 Å². The highest BCUT2D eigenvalue weighted by atomic mass is 16.5. The number of anilines is 1. The Labute approximate surface area is 170 Å². The van der Waals surface area contributed by atoms with E-state index in [2.05, 4.69) is 22.5 Å². The number of rotatable bonds is 8. The number of para-hydroxylation sites is 2. The van der Waals surface area contributed by atoms with Crippen molar-refractivity contribution in [2.75, 3.05) is 11.9 Å². The second-order valence-electron chi connectivity index (χ2n) is 6.97. The number of nitrogens with zero attached hydrogens (tertiary/aromatic N) is 2. The number of ether oxygens (including phenoxy) is 1. The van der Waals surface area contributed by atoms with Gasteiger partial charge in [-0.25, -0.2) is 4.98 Å². The summed E-state index contributed by atoms with van der Waals surface area (Å²) in [4.78, 5) is 29.9. The van der Waals surface area contributed by atoms with Gasteiger partial charge in [0.1, 0.15) is 5.75 Å². The van der Waals surface area contributed by atoms with Gasteiger partial charge in [0.2, 0.25) is 5.82 Å². The van der Waals surface area contributed by atoms with Crippen LogP contribution >= 0.6 is 0 Å². The van der Waals surface area contributed by atoms with Gasteiger partial charge in [0.05, 0.1) is 17.3 Å². The number of imidazole rings is 1. The van der Waals surface area contributed by atoms with Gasteiger partial charge in [-0.1, -0.05) is 31.5 Å². The van der Waals surface area contributed by atoms with Gasteiger partial charge in [-0.05, 0) is 44.5 Å². The molecule has 0 fully saturated rings. The summed E-state index contributed by atoms with van der Waals surface area (Å²) < 4.78 is 7.38. The zero-order valence-electron chi connectivity index (χ0n) is 16.9. The van der Waals surface area contributed by atoms with E-state index in [9.17, 15) is 9.59 Å². The average Bonchev–Trinajstić information content (AvgIpc) is 3.09. The number of carbonyl (C=O) groups is 2. The third-order valence-electron chi connectivity index (χ3n) is 4.28. The summed E-state index contributed by atoms with van der Waals surface area (Å²) >= 11 is 0. The third kappa shape index (κ3) is 4.74. The lowest BCUT2D eigenvalue weighted by Gasteiger charge is -2.14. The fraction of sp³-hybridized carbons (Fsp3) is 0.318. The molecule has 3 aromatic rings. The molecule has 7 heteroatoms. The van der Waals surface area contributed by atoms with E-state index in [-0.39, 0.29) is 23.5 Å². The number of benzene rings is 1. The van der Waals surface area contributed by atoms with Crippen LogP contribution in [0.2, 0.25) is 0 Å². The first kappa shape index (κ1) is 20.4. The van der Waals surface area contributed by atoms with E-state index < -0.39 is 5.91 Å². The molecule has 0 unspecified atom stereocenters. The Hall–Kier alpha value is -3.35. The highest BCUT2D eigenvalue weighted by molar-refractivity contribution is 6.06. The fourth-order valence-corrected chi connectivity index (χ4v) is 2.93. The van der Waals surface area contributed by atoms with Gasteiger partial charge >= 0.3 is 0 Å². The monoisotopic (exact) mass is 394 g/mol. The Bertz CT molecular complexity index is 1010. The summed E-state index contributed by atoms with van der Waals surface area (Å²) in [5.41, 5.74) is 1.37. The molecule has 2 aromatic heterocycles. The predicted molar refractivity (Wildman–Crippen MR) is 113 cm³/mol. The summed E-state index contributed by atoms with van der Waals surface area (Å²) in [5, 5.41) is 5.71. The van der Waals surface area contributed by atoms with Crippen LogP contribution in [0.4, 0.5) is 5.69 Å². The van der Waals surface area contributed by atoms with Crippen molar-refractivity contribution in [1.29, 1.82) is 0 Å².